The van der Waals surface area contributed by atoms with Crippen molar-refractivity contribution in [1.29, 1.82) is 0 Å². The van der Waals surface area contributed by atoms with Gasteiger partial charge < -0.3 is 10.0 Å². The normalized spacial score (nSPS) is 21.1. The zero-order valence-electron chi connectivity index (χ0n) is 8.27. The highest BCUT2D eigenvalue weighted by Crippen LogP contribution is 2.30. The summed E-state index contributed by atoms with van der Waals surface area (Å²) in [5.41, 5.74) is 1.73. The molecule has 0 radical (unpaired) electrons. The molecule has 1 amide bonds. The van der Waals surface area contributed by atoms with E-state index >= 15 is 0 Å². The highest BCUT2D eigenvalue weighted by molar-refractivity contribution is 9.10. The first kappa shape index (κ1) is 10.6. The van der Waals surface area contributed by atoms with Crippen molar-refractivity contribution >= 4 is 27.5 Å². The Morgan fingerprint density at radius 2 is 2.40 bits per heavy atom. The van der Waals surface area contributed by atoms with E-state index in [2.05, 4.69) is 20.9 Å². The number of aromatic nitrogens is 1. The molecule has 1 fully saturated rings. The molecule has 5 heteroatoms. The molecule has 1 aliphatic heterocycles. The molecule has 80 valence electrons. The summed E-state index contributed by atoms with van der Waals surface area (Å²) in [7, 11) is 0. The second-order valence-electron chi connectivity index (χ2n) is 3.63. The predicted octanol–water partition coefficient (Wildman–Crippen LogP) is 1.25. The summed E-state index contributed by atoms with van der Waals surface area (Å²) < 4.78 is 0.643. The number of hydrogen-bond acceptors (Lipinski definition) is 3. The lowest BCUT2D eigenvalue weighted by molar-refractivity contribution is -0.117. The summed E-state index contributed by atoms with van der Waals surface area (Å²) >= 11 is 3.32. The van der Waals surface area contributed by atoms with Gasteiger partial charge in [0.15, 0.2) is 0 Å². The Balaban J connectivity index is 2.41. The molecule has 1 N–H and O–H groups in total. The number of anilines is 1. The van der Waals surface area contributed by atoms with E-state index in [-0.39, 0.29) is 12.3 Å². The van der Waals surface area contributed by atoms with Crippen LogP contribution in [0.1, 0.15) is 12.0 Å². The fourth-order valence-electron chi connectivity index (χ4n) is 1.75. The van der Waals surface area contributed by atoms with Crippen molar-refractivity contribution in [1.82, 2.24) is 4.98 Å². The van der Waals surface area contributed by atoms with Crippen LogP contribution in [0.5, 0.6) is 0 Å². The quantitative estimate of drug-likeness (QED) is 0.782. The molecule has 2 rings (SSSR count). The number of carbonyl (C=O) groups is 1. The van der Waals surface area contributed by atoms with Gasteiger partial charge in [-0.25, -0.2) is 4.98 Å². The molecule has 1 atom stereocenters. The monoisotopic (exact) mass is 270 g/mol. The van der Waals surface area contributed by atoms with E-state index in [1.54, 1.807) is 11.1 Å². The molecule has 4 nitrogen and oxygen atoms in total. The van der Waals surface area contributed by atoms with Crippen LogP contribution in [0, 0.1) is 6.92 Å². The highest BCUT2D eigenvalue weighted by atomic mass is 79.9. The van der Waals surface area contributed by atoms with Crippen LogP contribution in [0.15, 0.2) is 16.9 Å². The largest absolute Gasteiger partial charge is 0.391 e. The van der Waals surface area contributed by atoms with Gasteiger partial charge in [-0.2, -0.15) is 0 Å². The minimum Gasteiger partial charge on any atom is -0.391 e. The zero-order valence-corrected chi connectivity index (χ0v) is 9.86. The molecule has 1 aromatic heterocycles. The van der Waals surface area contributed by atoms with Gasteiger partial charge in [0.25, 0.3) is 0 Å². The Bertz CT molecular complexity index is 388. The van der Waals surface area contributed by atoms with Crippen molar-refractivity contribution in [2.45, 2.75) is 19.4 Å². The number of rotatable bonds is 1. The fraction of sp³-hybridized carbons (Fsp3) is 0.400. The van der Waals surface area contributed by atoms with Gasteiger partial charge in [0.05, 0.1) is 24.8 Å². The molecule has 1 aliphatic rings. The Morgan fingerprint density at radius 1 is 1.67 bits per heavy atom. The maximum Gasteiger partial charge on any atom is 0.229 e. The van der Waals surface area contributed by atoms with Crippen LogP contribution in [-0.2, 0) is 4.79 Å². The summed E-state index contributed by atoms with van der Waals surface area (Å²) in [6.45, 7) is 2.27. The number of pyridine rings is 1. The number of aryl methyl sites for hydroxylation is 1. The van der Waals surface area contributed by atoms with Gasteiger partial charge in [0.1, 0.15) is 4.60 Å². The molecular weight excluding hydrogens is 260 g/mol. The molecule has 0 bridgehead atoms. The van der Waals surface area contributed by atoms with Crippen molar-refractivity contribution in [3.63, 3.8) is 0 Å². The first-order valence-corrected chi connectivity index (χ1v) is 5.48. The standard InChI is InChI=1S/C10H11BrN2O2/c1-6-2-3-12-10(11)9(6)13-5-7(14)4-8(13)15/h2-3,7,14H,4-5H2,1H3. The Kier molecular flexibility index (Phi) is 2.75. The zero-order chi connectivity index (χ0) is 11.0. The van der Waals surface area contributed by atoms with E-state index in [1.807, 2.05) is 13.0 Å². The van der Waals surface area contributed by atoms with E-state index in [9.17, 15) is 9.90 Å². The number of aliphatic hydroxyl groups is 1. The lowest BCUT2D eigenvalue weighted by Gasteiger charge is -2.19. The SMILES string of the molecule is Cc1ccnc(Br)c1N1CC(O)CC1=O. The minimum absolute atomic E-state index is 0.0562. The number of halogens is 1. The molecule has 1 saturated heterocycles. The van der Waals surface area contributed by atoms with Gasteiger partial charge in [-0.1, -0.05) is 0 Å². The number of amides is 1. The maximum absolute atomic E-state index is 11.6. The third-order valence-electron chi connectivity index (χ3n) is 2.46. The minimum atomic E-state index is -0.566. The summed E-state index contributed by atoms with van der Waals surface area (Å²) in [5, 5.41) is 9.41. The average molecular weight is 271 g/mol. The van der Waals surface area contributed by atoms with Crippen molar-refractivity contribution < 1.29 is 9.90 Å². The van der Waals surface area contributed by atoms with Crippen LogP contribution in [0.3, 0.4) is 0 Å². The third-order valence-corrected chi connectivity index (χ3v) is 3.04. The third kappa shape index (κ3) is 1.89. The lowest BCUT2D eigenvalue weighted by Crippen LogP contribution is -2.26. The Morgan fingerprint density at radius 3 is 2.93 bits per heavy atom. The number of nitrogens with zero attached hydrogens (tertiary/aromatic N) is 2. The number of hydrogen-bond donors (Lipinski definition) is 1. The smallest absolute Gasteiger partial charge is 0.229 e. The highest BCUT2D eigenvalue weighted by Gasteiger charge is 2.31. The molecule has 0 aliphatic carbocycles. The molecule has 2 heterocycles. The Hall–Kier alpha value is -0.940. The van der Waals surface area contributed by atoms with Crippen molar-refractivity contribution in [3.05, 3.63) is 22.4 Å². The van der Waals surface area contributed by atoms with Crippen molar-refractivity contribution in [3.8, 4) is 0 Å². The van der Waals surface area contributed by atoms with E-state index in [1.165, 1.54) is 0 Å². The van der Waals surface area contributed by atoms with Crippen LogP contribution in [-0.4, -0.2) is 28.6 Å². The van der Waals surface area contributed by atoms with Gasteiger partial charge in [-0.05, 0) is 34.5 Å². The lowest BCUT2D eigenvalue weighted by atomic mass is 10.2. The molecule has 0 spiro atoms. The van der Waals surface area contributed by atoms with Gasteiger partial charge in [0, 0.05) is 6.20 Å². The van der Waals surface area contributed by atoms with E-state index in [0.29, 0.717) is 11.1 Å². The molecule has 15 heavy (non-hydrogen) atoms. The van der Waals surface area contributed by atoms with Crippen LogP contribution < -0.4 is 4.90 Å². The number of β-amino-alcohol motifs (C(OH)–C–C–N with tert-alkyl or cyclic N) is 1. The van der Waals surface area contributed by atoms with Gasteiger partial charge in [-0.15, -0.1) is 0 Å². The summed E-state index contributed by atoms with van der Waals surface area (Å²) in [5.74, 6) is -0.0562. The first-order chi connectivity index (χ1) is 7.09. The topological polar surface area (TPSA) is 53.4 Å². The summed E-state index contributed by atoms with van der Waals surface area (Å²) in [6, 6.07) is 1.85. The first-order valence-electron chi connectivity index (χ1n) is 4.69. The second kappa shape index (κ2) is 3.90. The molecule has 1 unspecified atom stereocenters. The predicted molar refractivity (Wildman–Crippen MR) is 59.7 cm³/mol. The number of carbonyl (C=O) groups excluding carboxylic acids is 1. The van der Waals surface area contributed by atoms with Crippen LogP contribution in [0.4, 0.5) is 5.69 Å². The van der Waals surface area contributed by atoms with E-state index < -0.39 is 6.10 Å². The Labute approximate surface area is 96.1 Å². The fourth-order valence-corrected chi connectivity index (χ4v) is 2.39. The van der Waals surface area contributed by atoms with E-state index in [0.717, 1.165) is 11.3 Å². The molecule has 0 aromatic carbocycles. The molecule has 0 saturated carbocycles. The van der Waals surface area contributed by atoms with Crippen molar-refractivity contribution in [2.24, 2.45) is 0 Å². The molecule has 1 aromatic rings. The van der Waals surface area contributed by atoms with Gasteiger partial charge in [0.2, 0.25) is 5.91 Å². The van der Waals surface area contributed by atoms with Gasteiger partial charge in [-0.3, -0.25) is 4.79 Å². The molecular formula is C10H11BrN2O2. The van der Waals surface area contributed by atoms with E-state index in [4.69, 9.17) is 0 Å². The maximum atomic E-state index is 11.6. The van der Waals surface area contributed by atoms with Crippen LogP contribution >= 0.6 is 15.9 Å². The number of aliphatic hydroxyl groups excluding tert-OH is 1. The van der Waals surface area contributed by atoms with Crippen LogP contribution in [0.25, 0.3) is 0 Å². The van der Waals surface area contributed by atoms with Crippen LogP contribution in [0.2, 0.25) is 0 Å². The van der Waals surface area contributed by atoms with Crippen molar-refractivity contribution in [2.75, 3.05) is 11.4 Å². The second-order valence-corrected chi connectivity index (χ2v) is 4.38. The summed E-state index contributed by atoms with van der Waals surface area (Å²) in [4.78, 5) is 17.3. The average Bonchev–Trinajstić information content (AvgIpc) is 2.45. The van der Waals surface area contributed by atoms with Gasteiger partial charge >= 0.3 is 0 Å². The summed E-state index contributed by atoms with van der Waals surface area (Å²) in [6.07, 6.45) is 1.31.